The monoisotopic (exact) mass is 448 g/mol. The molecule has 4 aromatic rings. The zero-order chi connectivity index (χ0) is 22.5. The summed E-state index contributed by atoms with van der Waals surface area (Å²) in [5.41, 5.74) is 3.26. The Labute approximate surface area is 190 Å². The van der Waals surface area contributed by atoms with Crippen molar-refractivity contribution in [3.8, 4) is 5.75 Å². The number of imidazole rings is 1. The van der Waals surface area contributed by atoms with Gasteiger partial charge in [0.25, 0.3) is 5.91 Å². The molecule has 4 rings (SSSR count). The number of amides is 2. The number of carbonyl (C=O) groups is 2. The number of carbonyl (C=O) groups excluding carboxylic acids is 2. The van der Waals surface area contributed by atoms with Gasteiger partial charge in [0.2, 0.25) is 5.91 Å². The molecule has 0 unspecified atom stereocenters. The number of pyridine rings is 1. The lowest BCUT2D eigenvalue weighted by Gasteiger charge is -2.12. The van der Waals surface area contributed by atoms with E-state index in [4.69, 9.17) is 16.3 Å². The van der Waals surface area contributed by atoms with Crippen LogP contribution < -0.4 is 15.4 Å². The summed E-state index contributed by atoms with van der Waals surface area (Å²) in [5.74, 6) is -0.353. The van der Waals surface area contributed by atoms with Gasteiger partial charge in [-0.25, -0.2) is 4.98 Å². The average molecular weight is 449 g/mol. The van der Waals surface area contributed by atoms with Crippen LogP contribution in [0.15, 0.2) is 73.1 Å². The van der Waals surface area contributed by atoms with Crippen LogP contribution in [0, 0.1) is 6.92 Å². The quantitative estimate of drug-likeness (QED) is 0.442. The molecule has 0 atom stereocenters. The van der Waals surface area contributed by atoms with Gasteiger partial charge in [0.1, 0.15) is 18.0 Å². The average Bonchev–Trinajstić information content (AvgIpc) is 3.22. The Balaban J connectivity index is 1.37. The predicted molar refractivity (Wildman–Crippen MR) is 123 cm³/mol. The van der Waals surface area contributed by atoms with E-state index in [9.17, 15) is 9.59 Å². The van der Waals surface area contributed by atoms with Gasteiger partial charge in [-0.15, -0.1) is 0 Å². The molecule has 2 aromatic carbocycles. The predicted octanol–water partition coefficient (Wildman–Crippen LogP) is 4.24. The first-order valence-electron chi connectivity index (χ1n) is 9.99. The topological polar surface area (TPSA) is 84.7 Å². The normalized spacial score (nSPS) is 10.7. The SMILES string of the molecule is Cc1c(Cl)cccc1NC(=O)CNC(=O)c1ccccc1OCc1cn2ccccc2n1. The fourth-order valence-electron chi connectivity index (χ4n) is 3.18. The smallest absolute Gasteiger partial charge is 0.255 e. The highest BCUT2D eigenvalue weighted by Crippen LogP contribution is 2.23. The van der Waals surface area contributed by atoms with Gasteiger partial charge in [-0.3, -0.25) is 9.59 Å². The van der Waals surface area contributed by atoms with E-state index in [1.165, 1.54) is 0 Å². The van der Waals surface area contributed by atoms with Crippen molar-refractivity contribution in [2.75, 3.05) is 11.9 Å². The molecule has 2 heterocycles. The van der Waals surface area contributed by atoms with Crippen molar-refractivity contribution in [3.63, 3.8) is 0 Å². The summed E-state index contributed by atoms with van der Waals surface area (Å²) in [6.45, 7) is 1.83. The maximum absolute atomic E-state index is 12.7. The van der Waals surface area contributed by atoms with E-state index in [1.54, 1.807) is 42.5 Å². The Hall–Kier alpha value is -3.84. The molecule has 0 aliphatic carbocycles. The summed E-state index contributed by atoms with van der Waals surface area (Å²) in [4.78, 5) is 29.5. The zero-order valence-electron chi connectivity index (χ0n) is 17.3. The first-order chi connectivity index (χ1) is 15.5. The number of rotatable bonds is 7. The number of hydrogen-bond donors (Lipinski definition) is 2. The number of hydrogen-bond acceptors (Lipinski definition) is 4. The van der Waals surface area contributed by atoms with Crippen LogP contribution in [0.2, 0.25) is 5.02 Å². The van der Waals surface area contributed by atoms with Gasteiger partial charge in [0.05, 0.1) is 17.8 Å². The summed E-state index contributed by atoms with van der Waals surface area (Å²) >= 11 is 6.08. The fraction of sp³-hybridized carbons (Fsp3) is 0.125. The third kappa shape index (κ3) is 4.90. The molecular weight excluding hydrogens is 428 g/mol. The Bertz CT molecular complexity index is 1250. The fourth-order valence-corrected chi connectivity index (χ4v) is 3.36. The largest absolute Gasteiger partial charge is 0.486 e. The minimum Gasteiger partial charge on any atom is -0.486 e. The molecule has 0 bridgehead atoms. The van der Waals surface area contributed by atoms with E-state index >= 15 is 0 Å². The molecule has 0 fully saturated rings. The molecule has 2 aromatic heterocycles. The van der Waals surface area contributed by atoms with E-state index < -0.39 is 5.91 Å². The second-order valence-electron chi connectivity index (χ2n) is 7.13. The molecule has 0 radical (unpaired) electrons. The minimum absolute atomic E-state index is 0.189. The van der Waals surface area contributed by atoms with Gasteiger partial charge < -0.3 is 19.8 Å². The van der Waals surface area contributed by atoms with Crippen molar-refractivity contribution in [3.05, 3.63) is 94.9 Å². The van der Waals surface area contributed by atoms with Crippen LogP contribution in [-0.4, -0.2) is 27.7 Å². The van der Waals surface area contributed by atoms with Gasteiger partial charge in [-0.05, 0) is 48.9 Å². The Morgan fingerprint density at radius 1 is 1.06 bits per heavy atom. The van der Waals surface area contributed by atoms with E-state index in [2.05, 4.69) is 15.6 Å². The van der Waals surface area contributed by atoms with Crippen LogP contribution in [0.3, 0.4) is 0 Å². The molecule has 2 N–H and O–H groups in total. The Morgan fingerprint density at radius 3 is 2.72 bits per heavy atom. The van der Waals surface area contributed by atoms with E-state index in [0.717, 1.165) is 16.9 Å². The third-order valence-electron chi connectivity index (χ3n) is 4.87. The number of ether oxygens (including phenoxy) is 1. The maximum Gasteiger partial charge on any atom is 0.255 e. The van der Waals surface area contributed by atoms with Gasteiger partial charge in [0, 0.05) is 23.1 Å². The Kier molecular flexibility index (Phi) is 6.37. The number of halogens is 1. The lowest BCUT2D eigenvalue weighted by atomic mass is 10.2. The standard InChI is InChI=1S/C24H21ClN4O3/c1-16-19(25)8-6-9-20(16)28-23(30)13-26-24(31)18-7-2-3-10-21(18)32-15-17-14-29-12-5-4-11-22(29)27-17/h2-12,14H,13,15H2,1H3,(H,26,31)(H,28,30). The third-order valence-corrected chi connectivity index (χ3v) is 5.28. The molecule has 0 aliphatic heterocycles. The van der Waals surface area contributed by atoms with Crippen molar-refractivity contribution in [2.45, 2.75) is 13.5 Å². The number of nitrogens with zero attached hydrogens (tertiary/aromatic N) is 2. The molecule has 0 aliphatic rings. The van der Waals surface area contributed by atoms with Crippen molar-refractivity contribution in [1.82, 2.24) is 14.7 Å². The molecule has 2 amide bonds. The molecule has 0 spiro atoms. The number of fused-ring (bicyclic) bond motifs is 1. The van der Waals surface area contributed by atoms with Gasteiger partial charge in [-0.2, -0.15) is 0 Å². The molecule has 32 heavy (non-hydrogen) atoms. The summed E-state index contributed by atoms with van der Waals surface area (Å²) in [6.07, 6.45) is 3.78. The lowest BCUT2D eigenvalue weighted by molar-refractivity contribution is -0.115. The molecule has 0 saturated heterocycles. The maximum atomic E-state index is 12.7. The minimum atomic E-state index is -0.409. The number of aromatic nitrogens is 2. The van der Waals surface area contributed by atoms with Crippen LogP contribution in [0.25, 0.3) is 5.65 Å². The zero-order valence-corrected chi connectivity index (χ0v) is 18.1. The van der Waals surface area contributed by atoms with Gasteiger partial charge >= 0.3 is 0 Å². The van der Waals surface area contributed by atoms with E-state index in [0.29, 0.717) is 22.0 Å². The highest BCUT2D eigenvalue weighted by atomic mass is 35.5. The van der Waals surface area contributed by atoms with Crippen molar-refractivity contribution in [2.24, 2.45) is 0 Å². The molecule has 7 nitrogen and oxygen atoms in total. The molecule has 0 saturated carbocycles. The second kappa shape index (κ2) is 9.53. The molecule has 8 heteroatoms. The van der Waals surface area contributed by atoms with Crippen LogP contribution >= 0.6 is 11.6 Å². The summed E-state index contributed by atoms with van der Waals surface area (Å²) in [6, 6.07) is 17.9. The lowest BCUT2D eigenvalue weighted by Crippen LogP contribution is -2.33. The first-order valence-corrected chi connectivity index (χ1v) is 10.4. The van der Waals surface area contributed by atoms with Crippen LogP contribution in [0.4, 0.5) is 5.69 Å². The summed E-state index contributed by atoms with van der Waals surface area (Å²) in [7, 11) is 0. The van der Waals surface area contributed by atoms with Gasteiger partial charge in [-0.1, -0.05) is 35.9 Å². The van der Waals surface area contributed by atoms with Crippen LogP contribution in [-0.2, 0) is 11.4 Å². The van der Waals surface area contributed by atoms with Crippen molar-refractivity contribution < 1.29 is 14.3 Å². The number of para-hydroxylation sites is 1. The van der Waals surface area contributed by atoms with Crippen molar-refractivity contribution in [1.29, 1.82) is 0 Å². The summed E-state index contributed by atoms with van der Waals surface area (Å²) < 4.78 is 7.75. The first kappa shape index (κ1) is 21.4. The number of anilines is 1. The Morgan fingerprint density at radius 2 is 1.88 bits per heavy atom. The second-order valence-corrected chi connectivity index (χ2v) is 7.53. The van der Waals surface area contributed by atoms with Crippen molar-refractivity contribution >= 4 is 34.7 Å². The van der Waals surface area contributed by atoms with E-state index in [1.807, 2.05) is 41.9 Å². The molecule has 162 valence electrons. The number of benzene rings is 2. The molecular formula is C24H21ClN4O3. The van der Waals surface area contributed by atoms with Crippen LogP contribution in [0.1, 0.15) is 21.6 Å². The highest BCUT2D eigenvalue weighted by molar-refractivity contribution is 6.31. The highest BCUT2D eigenvalue weighted by Gasteiger charge is 2.15. The number of nitrogens with one attached hydrogen (secondary N) is 2. The van der Waals surface area contributed by atoms with Crippen LogP contribution in [0.5, 0.6) is 5.75 Å². The summed E-state index contributed by atoms with van der Waals surface area (Å²) in [5, 5.41) is 5.94. The van der Waals surface area contributed by atoms with E-state index in [-0.39, 0.29) is 19.1 Å². The van der Waals surface area contributed by atoms with Gasteiger partial charge in [0.15, 0.2) is 0 Å².